The van der Waals surface area contributed by atoms with E-state index in [1.54, 1.807) is 6.07 Å². The number of carbonyl (C=O) groups is 1. The van der Waals surface area contributed by atoms with Crippen LogP contribution in [0.1, 0.15) is 74.2 Å². The SMILES string of the molecule is CC1(C)COC(c2ccc(F)cc2C(C(=O)O)N2CC[C@@H](OCCCCc3ccc4c(n3)NCCC4)C2)OC1. The highest BCUT2D eigenvalue weighted by Gasteiger charge is 2.38. The lowest BCUT2D eigenvalue weighted by Crippen LogP contribution is -2.37. The number of aromatic nitrogens is 1. The lowest BCUT2D eigenvalue weighted by molar-refractivity contribution is -0.226. The summed E-state index contributed by atoms with van der Waals surface area (Å²) in [6, 6.07) is 7.52. The van der Waals surface area contributed by atoms with Gasteiger partial charge in [0.05, 0.1) is 19.3 Å². The average Bonchev–Trinajstić information content (AvgIpc) is 3.37. The fraction of sp³-hybridized carbons (Fsp3) is 0.600. The Morgan fingerprint density at radius 3 is 2.87 bits per heavy atom. The highest BCUT2D eigenvalue weighted by Crippen LogP contribution is 2.37. The third-order valence-electron chi connectivity index (χ3n) is 7.76. The van der Waals surface area contributed by atoms with E-state index in [9.17, 15) is 14.3 Å². The van der Waals surface area contributed by atoms with Crippen molar-refractivity contribution in [1.29, 1.82) is 0 Å². The normalized spacial score (nSPS) is 22.3. The molecule has 0 bridgehead atoms. The van der Waals surface area contributed by atoms with Gasteiger partial charge in [-0.25, -0.2) is 9.37 Å². The lowest BCUT2D eigenvalue weighted by Gasteiger charge is -2.36. The third-order valence-corrected chi connectivity index (χ3v) is 7.76. The van der Waals surface area contributed by atoms with Gasteiger partial charge in [0.25, 0.3) is 0 Å². The van der Waals surface area contributed by atoms with Gasteiger partial charge in [0, 0.05) is 42.9 Å². The minimum atomic E-state index is -1.02. The summed E-state index contributed by atoms with van der Waals surface area (Å²) >= 11 is 0. The van der Waals surface area contributed by atoms with Crippen LogP contribution in [-0.4, -0.2) is 66.5 Å². The molecule has 2 atom stereocenters. The van der Waals surface area contributed by atoms with Gasteiger partial charge in [0.2, 0.25) is 0 Å². The number of benzene rings is 1. The van der Waals surface area contributed by atoms with Crippen LogP contribution in [0.5, 0.6) is 0 Å². The van der Waals surface area contributed by atoms with E-state index in [2.05, 4.69) is 17.4 Å². The number of aryl methyl sites for hydroxylation is 2. The van der Waals surface area contributed by atoms with Crippen LogP contribution in [-0.2, 0) is 31.8 Å². The Balaban J connectivity index is 1.14. The number of nitrogens with one attached hydrogen (secondary N) is 1. The summed E-state index contributed by atoms with van der Waals surface area (Å²) in [4.78, 5) is 19.1. The van der Waals surface area contributed by atoms with E-state index in [4.69, 9.17) is 19.2 Å². The molecule has 3 aliphatic heterocycles. The molecule has 1 aromatic heterocycles. The molecule has 8 nitrogen and oxygen atoms in total. The fourth-order valence-electron chi connectivity index (χ4n) is 5.65. The molecule has 0 spiro atoms. The molecule has 1 unspecified atom stereocenters. The van der Waals surface area contributed by atoms with Gasteiger partial charge in [-0.1, -0.05) is 26.0 Å². The van der Waals surface area contributed by atoms with Gasteiger partial charge in [-0.2, -0.15) is 0 Å². The molecule has 0 aliphatic carbocycles. The zero-order chi connectivity index (χ0) is 27.4. The Morgan fingerprint density at radius 1 is 1.26 bits per heavy atom. The third kappa shape index (κ3) is 6.95. The molecule has 5 rings (SSSR count). The van der Waals surface area contributed by atoms with Crippen molar-refractivity contribution in [3.8, 4) is 0 Å². The number of unbranched alkanes of at least 4 members (excludes halogenated alkanes) is 1. The van der Waals surface area contributed by atoms with E-state index >= 15 is 0 Å². The maximum atomic E-state index is 14.3. The number of anilines is 1. The number of carboxylic acids is 1. The number of halogens is 1. The first-order valence-electron chi connectivity index (χ1n) is 14.1. The van der Waals surface area contributed by atoms with Gasteiger partial charge in [-0.05, 0) is 67.9 Å². The van der Waals surface area contributed by atoms with Gasteiger partial charge < -0.3 is 24.6 Å². The lowest BCUT2D eigenvalue weighted by atomic mass is 9.94. The monoisotopic (exact) mass is 541 g/mol. The first-order chi connectivity index (χ1) is 18.8. The molecule has 2 saturated heterocycles. The molecule has 4 heterocycles. The molecular weight excluding hydrogens is 501 g/mol. The van der Waals surface area contributed by atoms with Gasteiger partial charge >= 0.3 is 5.97 Å². The summed E-state index contributed by atoms with van der Waals surface area (Å²) in [7, 11) is 0. The average molecular weight is 542 g/mol. The summed E-state index contributed by atoms with van der Waals surface area (Å²) in [5.74, 6) is -0.473. The highest BCUT2D eigenvalue weighted by atomic mass is 19.1. The standard InChI is InChI=1S/C30H40FN3O5/c1-30(2)18-38-29(39-19-30)24-11-9-21(31)16-25(24)26(28(35)36)34-14-12-23(17-34)37-15-4-3-7-22-10-8-20-6-5-13-32-27(20)33-22/h8-11,16,23,26,29H,3-7,12-15,17-19H2,1-2H3,(H,32,33)(H,35,36)/t23-,26?/m1/s1. The second-order valence-electron chi connectivity index (χ2n) is 11.7. The van der Waals surface area contributed by atoms with Crippen LogP contribution in [0.4, 0.5) is 10.2 Å². The minimum absolute atomic E-state index is 0.0575. The largest absolute Gasteiger partial charge is 0.480 e. The van der Waals surface area contributed by atoms with Crippen LogP contribution in [0.25, 0.3) is 0 Å². The summed E-state index contributed by atoms with van der Waals surface area (Å²) in [5, 5.41) is 13.6. The van der Waals surface area contributed by atoms with E-state index in [0.29, 0.717) is 44.0 Å². The second-order valence-corrected chi connectivity index (χ2v) is 11.7. The van der Waals surface area contributed by atoms with Crippen LogP contribution < -0.4 is 5.32 Å². The molecule has 0 saturated carbocycles. The number of rotatable bonds is 10. The Kier molecular flexibility index (Phi) is 8.81. The molecule has 9 heteroatoms. The topological polar surface area (TPSA) is 93.2 Å². The molecule has 1 aromatic carbocycles. The number of fused-ring (bicyclic) bond motifs is 1. The van der Waals surface area contributed by atoms with Crippen LogP contribution in [0.3, 0.4) is 0 Å². The molecular formula is C30H40FN3O5. The number of ether oxygens (including phenoxy) is 3. The maximum Gasteiger partial charge on any atom is 0.325 e. The molecule has 2 aromatic rings. The molecule has 39 heavy (non-hydrogen) atoms. The van der Waals surface area contributed by atoms with Gasteiger partial charge in [-0.15, -0.1) is 0 Å². The van der Waals surface area contributed by atoms with Crippen molar-refractivity contribution in [3.63, 3.8) is 0 Å². The van der Waals surface area contributed by atoms with Crippen molar-refractivity contribution in [3.05, 3.63) is 58.5 Å². The number of nitrogens with zero attached hydrogens (tertiary/aromatic N) is 2. The highest BCUT2D eigenvalue weighted by molar-refractivity contribution is 5.76. The first-order valence-corrected chi connectivity index (χ1v) is 14.1. The zero-order valence-corrected chi connectivity index (χ0v) is 23.0. The number of aliphatic carboxylic acids is 1. The number of hydrogen-bond donors (Lipinski definition) is 2. The van der Waals surface area contributed by atoms with Crippen molar-refractivity contribution in [2.24, 2.45) is 5.41 Å². The van der Waals surface area contributed by atoms with Crippen LogP contribution >= 0.6 is 0 Å². The van der Waals surface area contributed by atoms with Crippen LogP contribution in [0, 0.1) is 11.2 Å². The second kappa shape index (κ2) is 12.3. The van der Waals surface area contributed by atoms with Crippen molar-refractivity contribution >= 4 is 11.8 Å². The molecule has 2 fully saturated rings. The van der Waals surface area contributed by atoms with Gasteiger partial charge in [0.1, 0.15) is 17.7 Å². The van der Waals surface area contributed by atoms with E-state index in [1.807, 2.05) is 18.7 Å². The van der Waals surface area contributed by atoms with E-state index < -0.39 is 24.1 Å². The Labute approximate surface area is 229 Å². The quantitative estimate of drug-likeness (QED) is 0.411. The van der Waals surface area contributed by atoms with Crippen LogP contribution in [0.15, 0.2) is 30.3 Å². The number of carboxylic acid groups (broad SMARTS) is 1. The molecule has 3 aliphatic rings. The van der Waals surface area contributed by atoms with Crippen molar-refractivity contribution < 1.29 is 28.5 Å². The summed E-state index contributed by atoms with van der Waals surface area (Å²) in [5.41, 5.74) is 3.21. The Morgan fingerprint density at radius 2 is 2.08 bits per heavy atom. The molecule has 212 valence electrons. The molecule has 0 amide bonds. The van der Waals surface area contributed by atoms with E-state index in [1.165, 1.54) is 17.7 Å². The van der Waals surface area contributed by atoms with Crippen LogP contribution in [0.2, 0.25) is 0 Å². The smallest absolute Gasteiger partial charge is 0.325 e. The minimum Gasteiger partial charge on any atom is -0.480 e. The fourth-order valence-corrected chi connectivity index (χ4v) is 5.65. The van der Waals surface area contributed by atoms with Crippen molar-refractivity contribution in [2.45, 2.75) is 70.8 Å². The number of pyridine rings is 1. The Bertz CT molecular complexity index is 1150. The first kappa shape index (κ1) is 28.0. The van der Waals surface area contributed by atoms with Crippen molar-refractivity contribution in [2.75, 3.05) is 44.8 Å². The van der Waals surface area contributed by atoms with Gasteiger partial charge in [-0.3, -0.25) is 9.69 Å². The van der Waals surface area contributed by atoms with Gasteiger partial charge in [0.15, 0.2) is 6.29 Å². The van der Waals surface area contributed by atoms with Crippen molar-refractivity contribution in [1.82, 2.24) is 9.88 Å². The number of hydrogen-bond acceptors (Lipinski definition) is 7. The zero-order valence-electron chi connectivity index (χ0n) is 23.0. The Hall–Kier alpha value is -2.59. The number of likely N-dealkylation sites (tertiary alicyclic amines) is 1. The summed E-state index contributed by atoms with van der Waals surface area (Å²) < 4.78 is 32.3. The molecule has 2 N–H and O–H groups in total. The molecule has 0 radical (unpaired) electrons. The van der Waals surface area contributed by atoms with E-state index in [0.717, 1.165) is 56.6 Å². The predicted octanol–water partition coefficient (Wildman–Crippen LogP) is 4.89. The van der Waals surface area contributed by atoms with E-state index in [-0.39, 0.29) is 11.5 Å². The summed E-state index contributed by atoms with van der Waals surface area (Å²) in [6.07, 6.45) is 4.99. The predicted molar refractivity (Wildman–Crippen MR) is 145 cm³/mol. The summed E-state index contributed by atoms with van der Waals surface area (Å²) in [6.45, 7) is 7.68. The maximum absolute atomic E-state index is 14.3.